The van der Waals surface area contributed by atoms with E-state index in [9.17, 15) is 4.79 Å². The van der Waals surface area contributed by atoms with Gasteiger partial charge in [0.1, 0.15) is 0 Å². The van der Waals surface area contributed by atoms with Gasteiger partial charge < -0.3 is 9.73 Å². The molecule has 140 valence electrons. The Morgan fingerprint density at radius 2 is 1.75 bits per heavy atom. The first kappa shape index (κ1) is 18.3. The fraction of sp³-hybridized carbons (Fsp3) is 0.0500. The van der Waals surface area contributed by atoms with E-state index >= 15 is 0 Å². The Kier molecular flexibility index (Phi) is 5.14. The van der Waals surface area contributed by atoms with Gasteiger partial charge in [0, 0.05) is 11.6 Å². The highest BCUT2D eigenvalue weighted by molar-refractivity contribution is 6.34. The Morgan fingerprint density at radius 3 is 2.46 bits per heavy atom. The lowest BCUT2D eigenvalue weighted by Gasteiger charge is -2.09. The van der Waals surface area contributed by atoms with Gasteiger partial charge >= 0.3 is 0 Å². The van der Waals surface area contributed by atoms with Crippen LogP contribution in [0.15, 0.2) is 71.3 Å². The SMILES string of the molecule is O=C(c1ccccc1Cl)n1nc(-c2ccco2)nc1NCc1ccccc1Cl. The van der Waals surface area contributed by atoms with Crippen molar-refractivity contribution in [3.8, 4) is 11.6 Å². The molecule has 4 aromatic rings. The molecule has 0 saturated carbocycles. The summed E-state index contributed by atoms with van der Waals surface area (Å²) < 4.78 is 6.53. The predicted molar refractivity (Wildman–Crippen MR) is 108 cm³/mol. The van der Waals surface area contributed by atoms with Gasteiger partial charge in [-0.05, 0) is 35.9 Å². The molecule has 2 aromatic heterocycles. The average Bonchev–Trinajstić information content (AvgIpc) is 3.37. The molecule has 0 radical (unpaired) electrons. The van der Waals surface area contributed by atoms with Gasteiger partial charge in [-0.25, -0.2) is 0 Å². The van der Waals surface area contributed by atoms with Crippen molar-refractivity contribution in [1.82, 2.24) is 14.8 Å². The molecule has 0 aliphatic rings. The third kappa shape index (κ3) is 3.65. The molecule has 0 aliphatic heterocycles. The van der Waals surface area contributed by atoms with Crippen LogP contribution in [0.5, 0.6) is 0 Å². The molecule has 8 heteroatoms. The zero-order valence-corrected chi connectivity index (χ0v) is 16.0. The zero-order valence-electron chi connectivity index (χ0n) is 14.5. The van der Waals surface area contributed by atoms with Gasteiger partial charge in [-0.1, -0.05) is 53.5 Å². The third-order valence-electron chi connectivity index (χ3n) is 4.04. The molecular weight excluding hydrogens is 399 g/mol. The van der Waals surface area contributed by atoms with E-state index in [-0.39, 0.29) is 11.8 Å². The van der Waals surface area contributed by atoms with E-state index in [1.807, 2.05) is 18.2 Å². The van der Waals surface area contributed by atoms with Gasteiger partial charge in [0.15, 0.2) is 5.76 Å². The van der Waals surface area contributed by atoms with Crippen LogP contribution in [0.4, 0.5) is 5.95 Å². The molecule has 0 spiro atoms. The van der Waals surface area contributed by atoms with Crippen molar-refractivity contribution in [2.75, 3.05) is 5.32 Å². The van der Waals surface area contributed by atoms with E-state index in [2.05, 4.69) is 15.4 Å². The third-order valence-corrected chi connectivity index (χ3v) is 4.74. The summed E-state index contributed by atoms with van der Waals surface area (Å²) in [5.74, 6) is 0.590. The van der Waals surface area contributed by atoms with Gasteiger partial charge in [-0.2, -0.15) is 9.67 Å². The van der Waals surface area contributed by atoms with Crippen LogP contribution in [0.3, 0.4) is 0 Å². The van der Waals surface area contributed by atoms with E-state index in [1.165, 1.54) is 10.9 Å². The number of nitrogens with one attached hydrogen (secondary N) is 1. The van der Waals surface area contributed by atoms with Crippen molar-refractivity contribution in [3.63, 3.8) is 0 Å². The highest BCUT2D eigenvalue weighted by Gasteiger charge is 2.21. The van der Waals surface area contributed by atoms with Crippen molar-refractivity contribution in [1.29, 1.82) is 0 Å². The van der Waals surface area contributed by atoms with Crippen LogP contribution >= 0.6 is 23.2 Å². The number of carbonyl (C=O) groups excluding carboxylic acids is 1. The molecule has 6 nitrogen and oxygen atoms in total. The number of benzene rings is 2. The Morgan fingerprint density at radius 1 is 1.00 bits per heavy atom. The molecule has 0 aliphatic carbocycles. The predicted octanol–water partition coefficient (Wildman–Crippen LogP) is 5.15. The quantitative estimate of drug-likeness (QED) is 0.490. The van der Waals surface area contributed by atoms with E-state index in [4.69, 9.17) is 27.6 Å². The van der Waals surface area contributed by atoms with Gasteiger partial charge in [0.2, 0.25) is 11.8 Å². The maximum Gasteiger partial charge on any atom is 0.282 e. The first-order valence-corrected chi connectivity index (χ1v) is 9.16. The number of hydrogen-bond donors (Lipinski definition) is 1. The second kappa shape index (κ2) is 7.88. The first-order chi connectivity index (χ1) is 13.6. The second-order valence-electron chi connectivity index (χ2n) is 5.88. The lowest BCUT2D eigenvalue weighted by Crippen LogP contribution is -2.18. The Bertz CT molecular complexity index is 1120. The lowest BCUT2D eigenvalue weighted by molar-refractivity contribution is 0.0947. The lowest BCUT2D eigenvalue weighted by atomic mass is 10.2. The number of rotatable bonds is 5. The van der Waals surface area contributed by atoms with Crippen LogP contribution in [-0.2, 0) is 6.54 Å². The summed E-state index contributed by atoms with van der Waals surface area (Å²) in [5, 5.41) is 8.38. The molecular formula is C20H14Cl2N4O2. The normalized spacial score (nSPS) is 10.8. The zero-order chi connectivity index (χ0) is 19.5. The van der Waals surface area contributed by atoms with E-state index in [0.29, 0.717) is 27.9 Å². The van der Waals surface area contributed by atoms with Crippen molar-refractivity contribution in [3.05, 3.63) is 88.1 Å². The van der Waals surface area contributed by atoms with Crippen LogP contribution in [-0.4, -0.2) is 20.7 Å². The molecule has 0 fully saturated rings. The minimum atomic E-state index is -0.405. The van der Waals surface area contributed by atoms with E-state index < -0.39 is 5.91 Å². The summed E-state index contributed by atoms with van der Waals surface area (Å²) in [6.07, 6.45) is 1.52. The summed E-state index contributed by atoms with van der Waals surface area (Å²) in [7, 11) is 0. The maximum absolute atomic E-state index is 13.0. The van der Waals surface area contributed by atoms with E-state index in [1.54, 1.807) is 42.5 Å². The monoisotopic (exact) mass is 412 g/mol. The summed E-state index contributed by atoms with van der Waals surface area (Å²) in [4.78, 5) is 17.4. The summed E-state index contributed by atoms with van der Waals surface area (Å²) in [6, 6.07) is 17.6. The van der Waals surface area contributed by atoms with Crippen molar-refractivity contribution in [2.24, 2.45) is 0 Å². The van der Waals surface area contributed by atoms with Crippen LogP contribution < -0.4 is 5.32 Å². The van der Waals surface area contributed by atoms with Gasteiger partial charge in [0.25, 0.3) is 5.91 Å². The molecule has 1 N–H and O–H groups in total. The van der Waals surface area contributed by atoms with Crippen LogP contribution in [0.1, 0.15) is 15.9 Å². The van der Waals surface area contributed by atoms with Crippen LogP contribution in [0.2, 0.25) is 10.0 Å². The summed E-state index contributed by atoms with van der Waals surface area (Å²) in [6.45, 7) is 0.367. The van der Waals surface area contributed by atoms with Crippen LogP contribution in [0, 0.1) is 0 Å². The minimum Gasteiger partial charge on any atom is -0.461 e. The van der Waals surface area contributed by atoms with Gasteiger partial charge in [-0.3, -0.25) is 4.79 Å². The number of halogens is 2. The fourth-order valence-electron chi connectivity index (χ4n) is 2.64. The highest BCUT2D eigenvalue weighted by Crippen LogP contribution is 2.23. The molecule has 0 bridgehead atoms. The summed E-state index contributed by atoms with van der Waals surface area (Å²) in [5.41, 5.74) is 1.18. The maximum atomic E-state index is 13.0. The number of furan rings is 1. The van der Waals surface area contributed by atoms with Gasteiger partial charge in [-0.15, -0.1) is 5.10 Å². The molecule has 0 atom stereocenters. The summed E-state index contributed by atoms with van der Waals surface area (Å²) >= 11 is 12.4. The Balaban J connectivity index is 1.71. The molecule has 2 heterocycles. The number of hydrogen-bond acceptors (Lipinski definition) is 5. The molecule has 2 aromatic carbocycles. The molecule has 0 saturated heterocycles. The van der Waals surface area contributed by atoms with Crippen LogP contribution in [0.25, 0.3) is 11.6 Å². The Hall–Kier alpha value is -3.09. The highest BCUT2D eigenvalue weighted by atomic mass is 35.5. The van der Waals surface area contributed by atoms with Crippen molar-refractivity contribution >= 4 is 35.1 Å². The van der Waals surface area contributed by atoms with Crippen molar-refractivity contribution in [2.45, 2.75) is 6.54 Å². The topological polar surface area (TPSA) is 73.0 Å². The number of carbonyl (C=O) groups is 1. The van der Waals surface area contributed by atoms with Gasteiger partial charge in [0.05, 0.1) is 16.8 Å². The minimum absolute atomic E-state index is 0.260. The molecule has 0 unspecified atom stereocenters. The van der Waals surface area contributed by atoms with Crippen molar-refractivity contribution < 1.29 is 9.21 Å². The average molecular weight is 413 g/mol. The fourth-order valence-corrected chi connectivity index (χ4v) is 3.06. The number of nitrogens with zero attached hydrogens (tertiary/aromatic N) is 3. The number of aromatic nitrogens is 3. The Labute approximate surface area is 170 Å². The molecule has 0 amide bonds. The van der Waals surface area contributed by atoms with E-state index in [0.717, 1.165) is 5.56 Å². The first-order valence-electron chi connectivity index (χ1n) is 8.41. The smallest absolute Gasteiger partial charge is 0.282 e. The second-order valence-corrected chi connectivity index (χ2v) is 6.69. The molecule has 4 rings (SSSR count). The molecule has 28 heavy (non-hydrogen) atoms. The standard InChI is InChI=1S/C20H14Cl2N4O2/c21-15-8-3-1-6-13(15)12-23-20-24-18(17-10-5-11-28-17)25-26(20)19(27)14-7-2-4-9-16(14)22/h1-11H,12H2,(H,23,24,25). The largest absolute Gasteiger partial charge is 0.461 e. The number of anilines is 1.